The number of benzene rings is 1. The van der Waals surface area contributed by atoms with Crippen LogP contribution >= 0.6 is 0 Å². The molecule has 0 unspecified atom stereocenters. The van der Waals surface area contributed by atoms with Crippen molar-refractivity contribution in [3.8, 4) is 0 Å². The summed E-state index contributed by atoms with van der Waals surface area (Å²) in [4.78, 5) is 11.2. The van der Waals surface area contributed by atoms with E-state index < -0.39 is 0 Å². The Morgan fingerprint density at radius 1 is 1.27 bits per heavy atom. The molecule has 4 rings (SSSR count). The van der Waals surface area contributed by atoms with Crippen LogP contribution in [0.2, 0.25) is 0 Å². The molecule has 1 aromatic carbocycles. The summed E-state index contributed by atoms with van der Waals surface area (Å²) in [6, 6.07) is 10.4. The smallest absolute Gasteiger partial charge is 0.199 e. The quantitative estimate of drug-likeness (QED) is 0.743. The van der Waals surface area contributed by atoms with E-state index in [-0.39, 0.29) is 11.7 Å². The summed E-state index contributed by atoms with van der Waals surface area (Å²) in [5.41, 5.74) is 2.32. The van der Waals surface area contributed by atoms with Gasteiger partial charge in [-0.3, -0.25) is 9.88 Å². The molecule has 1 fully saturated rings. The van der Waals surface area contributed by atoms with E-state index in [9.17, 15) is 4.39 Å². The van der Waals surface area contributed by atoms with Crippen molar-refractivity contribution in [2.24, 2.45) is 0 Å². The van der Waals surface area contributed by atoms with Crippen molar-refractivity contribution >= 4 is 11.1 Å². The molecule has 5 heteroatoms. The fourth-order valence-electron chi connectivity index (χ4n) is 2.99. The molecule has 0 spiro atoms. The number of nitrogens with zero attached hydrogens (tertiary/aromatic N) is 3. The number of fused-ring (bicyclic) bond motifs is 1. The Morgan fingerprint density at radius 3 is 3.09 bits per heavy atom. The second-order valence-electron chi connectivity index (χ2n) is 5.71. The summed E-state index contributed by atoms with van der Waals surface area (Å²) in [5, 5.41) is 0. The van der Waals surface area contributed by atoms with Crippen LogP contribution in [0.1, 0.15) is 23.9 Å². The third-order valence-electron chi connectivity index (χ3n) is 4.10. The zero-order chi connectivity index (χ0) is 14.9. The molecule has 22 heavy (non-hydrogen) atoms. The molecule has 0 amide bonds. The molecule has 1 saturated heterocycles. The van der Waals surface area contributed by atoms with Crippen molar-refractivity contribution in [2.75, 3.05) is 13.1 Å². The van der Waals surface area contributed by atoms with E-state index >= 15 is 0 Å². The van der Waals surface area contributed by atoms with Crippen molar-refractivity contribution in [2.45, 2.75) is 18.9 Å². The third-order valence-corrected chi connectivity index (χ3v) is 4.10. The molecule has 0 bridgehead atoms. The molecule has 4 nitrogen and oxygen atoms in total. The maximum atomic E-state index is 13.2. The molecule has 0 N–H and O–H groups in total. The lowest BCUT2D eigenvalue weighted by Gasteiger charge is -2.14. The Kier molecular flexibility index (Phi) is 3.35. The van der Waals surface area contributed by atoms with Gasteiger partial charge in [0.2, 0.25) is 0 Å². The van der Waals surface area contributed by atoms with Crippen molar-refractivity contribution in [3.63, 3.8) is 0 Å². The lowest BCUT2D eigenvalue weighted by atomic mass is 10.1. The average Bonchev–Trinajstić information content (AvgIpc) is 3.14. The number of pyridine rings is 1. The van der Waals surface area contributed by atoms with Crippen LogP contribution in [-0.2, 0) is 6.54 Å². The van der Waals surface area contributed by atoms with E-state index in [0.717, 1.165) is 31.7 Å². The van der Waals surface area contributed by atoms with Gasteiger partial charge in [-0.1, -0.05) is 6.07 Å². The SMILES string of the molecule is Fc1ccc2oc([C@H]3CCN(Cc4ccccn4)C3)nc2c1. The molecule has 1 aliphatic rings. The second-order valence-corrected chi connectivity index (χ2v) is 5.71. The average molecular weight is 297 g/mol. The summed E-state index contributed by atoms with van der Waals surface area (Å²) < 4.78 is 19.0. The maximum Gasteiger partial charge on any atom is 0.199 e. The zero-order valence-corrected chi connectivity index (χ0v) is 12.1. The molecule has 1 aliphatic heterocycles. The first-order valence-electron chi connectivity index (χ1n) is 7.46. The normalized spacial score (nSPS) is 19.0. The van der Waals surface area contributed by atoms with Gasteiger partial charge >= 0.3 is 0 Å². The highest BCUT2D eigenvalue weighted by molar-refractivity contribution is 5.72. The number of hydrogen-bond acceptors (Lipinski definition) is 4. The number of hydrogen-bond donors (Lipinski definition) is 0. The van der Waals surface area contributed by atoms with E-state index in [1.54, 1.807) is 6.07 Å². The fraction of sp³-hybridized carbons (Fsp3) is 0.294. The van der Waals surface area contributed by atoms with E-state index in [4.69, 9.17) is 4.42 Å². The lowest BCUT2D eigenvalue weighted by Crippen LogP contribution is -2.20. The van der Waals surface area contributed by atoms with Crippen LogP contribution in [0.25, 0.3) is 11.1 Å². The van der Waals surface area contributed by atoms with Crippen LogP contribution in [0.3, 0.4) is 0 Å². The van der Waals surface area contributed by atoms with Crippen LogP contribution in [0, 0.1) is 5.82 Å². The van der Waals surface area contributed by atoms with Crippen molar-refractivity contribution in [3.05, 3.63) is 60.0 Å². The summed E-state index contributed by atoms with van der Waals surface area (Å²) in [6.45, 7) is 2.73. The van der Waals surface area contributed by atoms with Crippen molar-refractivity contribution in [1.29, 1.82) is 0 Å². The van der Waals surface area contributed by atoms with Crippen LogP contribution in [0.15, 0.2) is 47.0 Å². The van der Waals surface area contributed by atoms with Crippen LogP contribution in [0.5, 0.6) is 0 Å². The van der Waals surface area contributed by atoms with Crippen LogP contribution < -0.4 is 0 Å². The first kappa shape index (κ1) is 13.4. The predicted molar refractivity (Wildman–Crippen MR) is 80.8 cm³/mol. The Labute approximate surface area is 127 Å². The lowest BCUT2D eigenvalue weighted by molar-refractivity contribution is 0.317. The van der Waals surface area contributed by atoms with Gasteiger partial charge in [0, 0.05) is 31.3 Å². The van der Waals surface area contributed by atoms with Crippen LogP contribution in [0.4, 0.5) is 4.39 Å². The predicted octanol–water partition coefficient (Wildman–Crippen LogP) is 3.35. The van der Waals surface area contributed by atoms with Gasteiger partial charge in [-0.15, -0.1) is 0 Å². The number of halogens is 1. The number of likely N-dealkylation sites (tertiary alicyclic amines) is 1. The zero-order valence-electron chi connectivity index (χ0n) is 12.1. The first-order valence-corrected chi connectivity index (χ1v) is 7.46. The third kappa shape index (κ3) is 2.60. The largest absolute Gasteiger partial charge is 0.440 e. The molecule has 3 aromatic rings. The molecule has 3 heterocycles. The van der Waals surface area contributed by atoms with E-state index in [1.807, 2.05) is 24.4 Å². The highest BCUT2D eigenvalue weighted by atomic mass is 19.1. The van der Waals surface area contributed by atoms with Gasteiger partial charge in [0.15, 0.2) is 11.5 Å². The molecule has 0 radical (unpaired) electrons. The Bertz CT molecular complexity index is 787. The van der Waals surface area contributed by atoms with E-state index in [0.29, 0.717) is 17.0 Å². The number of oxazole rings is 1. The van der Waals surface area contributed by atoms with Gasteiger partial charge < -0.3 is 4.42 Å². The summed E-state index contributed by atoms with van der Waals surface area (Å²) in [7, 11) is 0. The van der Waals surface area contributed by atoms with E-state index in [1.165, 1.54) is 12.1 Å². The summed E-state index contributed by atoms with van der Waals surface area (Å²) in [6.07, 6.45) is 2.82. The molecule has 0 aliphatic carbocycles. The van der Waals surface area contributed by atoms with Gasteiger partial charge in [-0.05, 0) is 37.2 Å². The molecular formula is C17H16FN3O. The van der Waals surface area contributed by atoms with Gasteiger partial charge in [0.1, 0.15) is 11.3 Å². The topological polar surface area (TPSA) is 42.2 Å². The van der Waals surface area contributed by atoms with Gasteiger partial charge in [0.05, 0.1) is 5.69 Å². The minimum absolute atomic E-state index is 0.263. The summed E-state index contributed by atoms with van der Waals surface area (Å²) >= 11 is 0. The fourth-order valence-corrected chi connectivity index (χ4v) is 2.99. The Hall–Kier alpha value is -2.27. The second kappa shape index (κ2) is 5.50. The monoisotopic (exact) mass is 297 g/mol. The van der Waals surface area contributed by atoms with Crippen molar-refractivity contribution in [1.82, 2.24) is 14.9 Å². The standard InChI is InChI=1S/C17H16FN3O/c18-13-4-5-16-15(9-13)20-17(22-16)12-6-8-21(10-12)11-14-3-1-2-7-19-14/h1-5,7,9,12H,6,8,10-11H2/t12-/m0/s1. The molecule has 1 atom stereocenters. The molecular weight excluding hydrogens is 281 g/mol. The molecule has 2 aromatic heterocycles. The first-order chi connectivity index (χ1) is 10.8. The Balaban J connectivity index is 1.49. The van der Waals surface area contributed by atoms with Crippen molar-refractivity contribution < 1.29 is 8.81 Å². The minimum Gasteiger partial charge on any atom is -0.440 e. The highest BCUT2D eigenvalue weighted by Crippen LogP contribution is 2.30. The summed E-state index contributed by atoms with van der Waals surface area (Å²) in [5.74, 6) is 0.693. The van der Waals surface area contributed by atoms with Crippen LogP contribution in [-0.4, -0.2) is 28.0 Å². The van der Waals surface area contributed by atoms with E-state index in [2.05, 4.69) is 14.9 Å². The Morgan fingerprint density at radius 2 is 2.23 bits per heavy atom. The number of rotatable bonds is 3. The molecule has 112 valence electrons. The highest BCUT2D eigenvalue weighted by Gasteiger charge is 2.28. The maximum absolute atomic E-state index is 13.2. The number of aromatic nitrogens is 2. The van der Waals surface area contributed by atoms with Gasteiger partial charge in [-0.25, -0.2) is 9.37 Å². The van der Waals surface area contributed by atoms with Gasteiger partial charge in [0.25, 0.3) is 0 Å². The minimum atomic E-state index is -0.282. The van der Waals surface area contributed by atoms with Gasteiger partial charge in [-0.2, -0.15) is 0 Å². The molecule has 0 saturated carbocycles.